The van der Waals surface area contributed by atoms with Crippen molar-refractivity contribution in [3.05, 3.63) is 29.8 Å². The van der Waals surface area contributed by atoms with Gasteiger partial charge < -0.3 is 19.5 Å². The van der Waals surface area contributed by atoms with E-state index in [-0.39, 0.29) is 30.9 Å². The Morgan fingerprint density at radius 3 is 2.65 bits per heavy atom. The number of nitrogens with zero attached hydrogens (tertiary/aromatic N) is 2. The first-order valence-corrected chi connectivity index (χ1v) is 11.7. The van der Waals surface area contributed by atoms with Crippen LogP contribution in [0.15, 0.2) is 24.3 Å². The fourth-order valence-corrected chi connectivity index (χ4v) is 5.43. The lowest BCUT2D eigenvalue weighted by Gasteiger charge is -2.39. The molecule has 2 bridgehead atoms. The van der Waals surface area contributed by atoms with Gasteiger partial charge in [-0.25, -0.2) is 0 Å². The fourth-order valence-electron chi connectivity index (χ4n) is 5.43. The van der Waals surface area contributed by atoms with E-state index in [4.69, 9.17) is 20.0 Å². The van der Waals surface area contributed by atoms with Crippen molar-refractivity contribution in [2.45, 2.75) is 69.6 Å². The van der Waals surface area contributed by atoms with Crippen LogP contribution in [-0.2, 0) is 20.7 Å². The van der Waals surface area contributed by atoms with E-state index in [9.17, 15) is 4.79 Å². The summed E-state index contributed by atoms with van der Waals surface area (Å²) >= 11 is 0. The quantitative estimate of drug-likeness (QED) is 0.339. The lowest BCUT2D eigenvalue weighted by molar-refractivity contribution is -0.118. The van der Waals surface area contributed by atoms with Crippen LogP contribution < -0.4 is 4.90 Å². The number of carbonyl (C=O) groups is 1. The van der Waals surface area contributed by atoms with E-state index in [1.54, 1.807) is 0 Å². The average molecular weight is 430 g/mol. The van der Waals surface area contributed by atoms with Crippen LogP contribution >= 0.6 is 0 Å². The Kier molecular flexibility index (Phi) is 7.58. The van der Waals surface area contributed by atoms with Crippen LogP contribution in [0, 0.1) is 5.41 Å². The number of piperidine rings is 1. The molecule has 7 heteroatoms. The van der Waals surface area contributed by atoms with Gasteiger partial charge in [0, 0.05) is 43.7 Å². The molecule has 1 amide bonds. The number of hydrogen-bond acceptors (Lipinski definition) is 6. The lowest BCUT2D eigenvalue weighted by Crippen LogP contribution is -2.47. The number of amides is 1. The summed E-state index contributed by atoms with van der Waals surface area (Å²) in [4.78, 5) is 17.1. The molecule has 1 aromatic rings. The molecular formula is C24H35N3O4. The number of fused-ring (bicyclic) bond motifs is 3. The second kappa shape index (κ2) is 10.6. The monoisotopic (exact) mass is 429 g/mol. The van der Waals surface area contributed by atoms with Gasteiger partial charge in [-0.2, -0.15) is 0 Å². The van der Waals surface area contributed by atoms with Crippen molar-refractivity contribution in [3.8, 4) is 0 Å². The van der Waals surface area contributed by atoms with Gasteiger partial charge in [0.1, 0.15) is 6.61 Å². The summed E-state index contributed by atoms with van der Waals surface area (Å²) in [7, 11) is 0. The highest BCUT2D eigenvalue weighted by Gasteiger charge is 2.40. The lowest BCUT2D eigenvalue weighted by atomic mass is 9.99. The Bertz CT molecular complexity index is 757. The zero-order valence-corrected chi connectivity index (χ0v) is 18.3. The Morgan fingerprint density at radius 1 is 1.10 bits per heavy atom. The number of ether oxygens (including phenoxy) is 2. The second-order valence-corrected chi connectivity index (χ2v) is 8.86. The third-order valence-corrected chi connectivity index (χ3v) is 6.88. The first kappa shape index (κ1) is 22.2. The Balaban J connectivity index is 1.20. The number of anilines is 1. The molecule has 170 valence electrons. The summed E-state index contributed by atoms with van der Waals surface area (Å²) in [5.41, 5.74) is 2.39. The minimum Gasteiger partial charge on any atom is -0.479 e. The third-order valence-electron chi connectivity index (χ3n) is 6.88. The van der Waals surface area contributed by atoms with E-state index < -0.39 is 0 Å². The van der Waals surface area contributed by atoms with E-state index in [1.165, 1.54) is 18.4 Å². The maximum absolute atomic E-state index is 12.5. The molecule has 0 spiro atoms. The molecule has 2 fully saturated rings. The molecule has 0 aromatic heterocycles. The molecule has 1 aromatic carbocycles. The van der Waals surface area contributed by atoms with Gasteiger partial charge in [0.25, 0.3) is 0 Å². The van der Waals surface area contributed by atoms with E-state index in [1.807, 2.05) is 11.0 Å². The summed E-state index contributed by atoms with van der Waals surface area (Å²) in [6.45, 7) is 2.65. The molecule has 0 saturated carbocycles. The smallest absolute Gasteiger partial charge is 0.227 e. The number of nitrogens with one attached hydrogen (secondary N) is 1. The number of aliphatic hydroxyl groups is 1. The van der Waals surface area contributed by atoms with Crippen molar-refractivity contribution in [2.75, 3.05) is 37.8 Å². The first-order valence-electron chi connectivity index (χ1n) is 11.7. The number of rotatable bonds is 10. The molecule has 3 aliphatic heterocycles. The Labute approximate surface area is 184 Å². The highest BCUT2D eigenvalue weighted by atomic mass is 16.5. The van der Waals surface area contributed by atoms with Gasteiger partial charge in [-0.1, -0.05) is 18.2 Å². The van der Waals surface area contributed by atoms with Crippen molar-refractivity contribution < 1.29 is 19.4 Å². The third kappa shape index (κ3) is 5.45. The van der Waals surface area contributed by atoms with Gasteiger partial charge in [-0.3, -0.25) is 15.1 Å². The maximum atomic E-state index is 12.5. The molecule has 2 saturated heterocycles. The zero-order valence-electron chi connectivity index (χ0n) is 18.3. The Hall–Kier alpha value is -1.96. The van der Waals surface area contributed by atoms with Crippen LogP contribution in [-0.4, -0.2) is 72.9 Å². The Morgan fingerprint density at radius 2 is 1.87 bits per heavy atom. The average Bonchev–Trinajstić information content (AvgIpc) is 3.00. The van der Waals surface area contributed by atoms with Gasteiger partial charge >= 0.3 is 0 Å². The van der Waals surface area contributed by atoms with E-state index in [2.05, 4.69) is 23.1 Å². The van der Waals surface area contributed by atoms with Gasteiger partial charge in [0.15, 0.2) is 5.90 Å². The number of benzene rings is 1. The molecule has 2 N–H and O–H groups in total. The van der Waals surface area contributed by atoms with Crippen LogP contribution in [0.25, 0.3) is 0 Å². The zero-order chi connectivity index (χ0) is 21.6. The molecule has 3 aliphatic rings. The number of carbonyl (C=O) groups excluding carboxylic acids is 1. The highest BCUT2D eigenvalue weighted by molar-refractivity contribution is 5.96. The van der Waals surface area contributed by atoms with Crippen LogP contribution in [0.4, 0.5) is 5.69 Å². The summed E-state index contributed by atoms with van der Waals surface area (Å²) in [5.74, 6) is 0.374. The molecule has 2 atom stereocenters. The van der Waals surface area contributed by atoms with Crippen molar-refractivity contribution in [3.63, 3.8) is 0 Å². The predicted octanol–water partition coefficient (Wildman–Crippen LogP) is 2.74. The van der Waals surface area contributed by atoms with E-state index in [0.29, 0.717) is 31.7 Å². The molecule has 2 unspecified atom stereocenters. The molecular weight excluding hydrogens is 394 g/mol. The van der Waals surface area contributed by atoms with Gasteiger partial charge in [0.05, 0.1) is 19.3 Å². The van der Waals surface area contributed by atoms with Crippen LogP contribution in [0.2, 0.25) is 0 Å². The predicted molar refractivity (Wildman–Crippen MR) is 120 cm³/mol. The van der Waals surface area contributed by atoms with Gasteiger partial charge in [-0.05, 0) is 50.2 Å². The highest BCUT2D eigenvalue weighted by Crippen LogP contribution is 2.37. The van der Waals surface area contributed by atoms with Crippen molar-refractivity contribution in [2.24, 2.45) is 0 Å². The summed E-state index contributed by atoms with van der Waals surface area (Å²) in [6.07, 6.45) is 7.56. The maximum Gasteiger partial charge on any atom is 0.227 e. The molecule has 31 heavy (non-hydrogen) atoms. The molecule has 3 heterocycles. The van der Waals surface area contributed by atoms with E-state index >= 15 is 0 Å². The topological polar surface area (TPSA) is 86.1 Å². The fraction of sp³-hybridized carbons (Fsp3) is 0.667. The number of para-hydroxylation sites is 1. The minimum absolute atomic E-state index is 0.0556. The standard InChI is InChI=1S/C24H35N3O4/c25-23(10-13-28)31-15-14-30-21-16-19-7-8-20(17-21)26(19)11-3-12-27-22-5-2-1-4-18(22)6-9-24(27)29/h1-2,4-5,19-21,25,28H,3,6-17H2. The van der Waals surface area contributed by atoms with Crippen molar-refractivity contribution in [1.82, 2.24) is 4.90 Å². The van der Waals surface area contributed by atoms with Crippen LogP contribution in [0.3, 0.4) is 0 Å². The second-order valence-electron chi connectivity index (χ2n) is 8.86. The van der Waals surface area contributed by atoms with Crippen LogP contribution in [0.1, 0.15) is 50.5 Å². The molecule has 4 rings (SSSR count). The minimum atomic E-state index is -0.0556. The molecule has 0 aliphatic carbocycles. The first-order chi connectivity index (χ1) is 15.2. The number of aryl methyl sites for hydroxylation is 1. The van der Waals surface area contributed by atoms with Crippen LogP contribution in [0.5, 0.6) is 0 Å². The molecule has 0 radical (unpaired) electrons. The summed E-state index contributed by atoms with van der Waals surface area (Å²) in [6, 6.07) is 9.44. The van der Waals surface area contributed by atoms with Gasteiger partial charge in [-0.15, -0.1) is 0 Å². The van der Waals surface area contributed by atoms with Crippen molar-refractivity contribution in [1.29, 1.82) is 5.41 Å². The SMILES string of the molecule is N=C(CCO)OCCOC1CC2CCC(C1)N2CCCN1C(=O)CCc2ccccc21. The van der Waals surface area contributed by atoms with E-state index in [0.717, 1.165) is 44.5 Å². The normalized spacial score (nSPS) is 25.5. The molecule has 7 nitrogen and oxygen atoms in total. The van der Waals surface area contributed by atoms with Crippen molar-refractivity contribution >= 4 is 17.5 Å². The summed E-state index contributed by atoms with van der Waals surface area (Å²) in [5, 5.41) is 16.3. The number of hydrogen-bond donors (Lipinski definition) is 2. The van der Waals surface area contributed by atoms with Gasteiger partial charge in [0.2, 0.25) is 5.91 Å². The largest absolute Gasteiger partial charge is 0.479 e. The summed E-state index contributed by atoms with van der Waals surface area (Å²) < 4.78 is 11.3. The number of aliphatic hydroxyl groups excluding tert-OH is 1.